The molecule has 23 heavy (non-hydrogen) atoms. The van der Waals surface area contributed by atoms with E-state index in [1.807, 2.05) is 18.2 Å². The SMILES string of the molecule is C[C@@H](OC(=O)/C=C/c1ccco1)C(=O)c1ccc2c(c1)CCC2. The molecule has 2 aromatic rings. The minimum absolute atomic E-state index is 0.181. The number of carbonyl (C=O) groups excluding carboxylic acids is 2. The average Bonchev–Trinajstić information content (AvgIpc) is 3.22. The van der Waals surface area contributed by atoms with E-state index >= 15 is 0 Å². The summed E-state index contributed by atoms with van der Waals surface area (Å²) in [5.41, 5.74) is 3.14. The number of ether oxygens (including phenoxy) is 1. The molecule has 1 aliphatic rings. The molecule has 1 aromatic heterocycles. The molecule has 1 heterocycles. The minimum Gasteiger partial charge on any atom is -0.465 e. The number of furan rings is 1. The quantitative estimate of drug-likeness (QED) is 0.481. The number of hydrogen-bond acceptors (Lipinski definition) is 4. The molecule has 0 N–H and O–H groups in total. The summed E-state index contributed by atoms with van der Waals surface area (Å²) in [5.74, 6) is -0.192. The van der Waals surface area contributed by atoms with Gasteiger partial charge in [0.15, 0.2) is 6.10 Å². The Labute approximate surface area is 134 Å². The predicted octanol–water partition coefficient (Wildman–Crippen LogP) is 3.60. The van der Waals surface area contributed by atoms with Gasteiger partial charge in [-0.05, 0) is 61.6 Å². The monoisotopic (exact) mass is 310 g/mol. The highest BCUT2D eigenvalue weighted by Crippen LogP contribution is 2.23. The first kappa shape index (κ1) is 15.3. The summed E-state index contributed by atoms with van der Waals surface area (Å²) in [4.78, 5) is 24.2. The van der Waals surface area contributed by atoms with Crippen molar-refractivity contribution in [2.45, 2.75) is 32.3 Å². The summed E-state index contributed by atoms with van der Waals surface area (Å²) in [6.45, 7) is 1.59. The molecule has 1 aromatic carbocycles. The van der Waals surface area contributed by atoms with Crippen LogP contribution in [-0.4, -0.2) is 17.9 Å². The van der Waals surface area contributed by atoms with Gasteiger partial charge in [0.1, 0.15) is 5.76 Å². The van der Waals surface area contributed by atoms with Crippen LogP contribution < -0.4 is 0 Å². The number of hydrogen-bond donors (Lipinski definition) is 0. The number of rotatable bonds is 5. The highest BCUT2D eigenvalue weighted by Gasteiger charge is 2.20. The first-order valence-electron chi connectivity index (χ1n) is 7.72. The van der Waals surface area contributed by atoms with Gasteiger partial charge in [0.25, 0.3) is 0 Å². The van der Waals surface area contributed by atoms with Crippen LogP contribution in [0.1, 0.15) is 40.6 Å². The van der Waals surface area contributed by atoms with Crippen molar-refractivity contribution in [1.82, 2.24) is 0 Å². The molecule has 0 amide bonds. The van der Waals surface area contributed by atoms with Gasteiger partial charge in [-0.25, -0.2) is 4.79 Å². The molecular weight excluding hydrogens is 292 g/mol. The molecule has 4 heteroatoms. The zero-order valence-electron chi connectivity index (χ0n) is 13.0. The third-order valence-electron chi connectivity index (χ3n) is 3.97. The first-order chi connectivity index (χ1) is 11.1. The average molecular weight is 310 g/mol. The molecule has 1 atom stereocenters. The third kappa shape index (κ3) is 3.59. The van der Waals surface area contributed by atoms with Crippen molar-refractivity contribution in [2.24, 2.45) is 0 Å². The highest BCUT2D eigenvalue weighted by atomic mass is 16.5. The van der Waals surface area contributed by atoms with Crippen molar-refractivity contribution < 1.29 is 18.7 Å². The van der Waals surface area contributed by atoms with Gasteiger partial charge in [-0.3, -0.25) is 4.79 Å². The molecule has 0 spiro atoms. The van der Waals surface area contributed by atoms with Crippen LogP contribution in [0.5, 0.6) is 0 Å². The highest BCUT2D eigenvalue weighted by molar-refractivity contribution is 6.01. The zero-order chi connectivity index (χ0) is 16.2. The summed E-state index contributed by atoms with van der Waals surface area (Å²) >= 11 is 0. The van der Waals surface area contributed by atoms with Crippen molar-refractivity contribution in [3.05, 3.63) is 65.1 Å². The van der Waals surface area contributed by atoms with E-state index in [0.717, 1.165) is 19.3 Å². The van der Waals surface area contributed by atoms with Gasteiger partial charge in [0.2, 0.25) is 5.78 Å². The smallest absolute Gasteiger partial charge is 0.331 e. The van der Waals surface area contributed by atoms with Crippen LogP contribution in [0.2, 0.25) is 0 Å². The topological polar surface area (TPSA) is 56.5 Å². The van der Waals surface area contributed by atoms with Crippen molar-refractivity contribution in [3.8, 4) is 0 Å². The van der Waals surface area contributed by atoms with Gasteiger partial charge in [-0.2, -0.15) is 0 Å². The van der Waals surface area contributed by atoms with E-state index in [1.54, 1.807) is 19.1 Å². The fraction of sp³-hybridized carbons (Fsp3) is 0.263. The Morgan fingerprint density at radius 2 is 2.04 bits per heavy atom. The second kappa shape index (κ2) is 6.65. The molecule has 0 aliphatic heterocycles. The molecular formula is C19H18O4. The molecule has 0 bridgehead atoms. The Hall–Kier alpha value is -2.62. The fourth-order valence-corrected chi connectivity index (χ4v) is 2.76. The Kier molecular flexibility index (Phi) is 4.42. The molecule has 1 aliphatic carbocycles. The van der Waals surface area contributed by atoms with Crippen LogP contribution in [0.4, 0.5) is 0 Å². The molecule has 0 fully saturated rings. The lowest BCUT2D eigenvalue weighted by molar-refractivity contribution is -0.140. The van der Waals surface area contributed by atoms with E-state index < -0.39 is 12.1 Å². The number of ketones is 1. The molecule has 3 rings (SSSR count). The van der Waals surface area contributed by atoms with E-state index in [2.05, 4.69) is 0 Å². The number of esters is 1. The number of aryl methyl sites for hydroxylation is 2. The summed E-state index contributed by atoms with van der Waals surface area (Å²) < 4.78 is 10.3. The van der Waals surface area contributed by atoms with Crippen molar-refractivity contribution in [2.75, 3.05) is 0 Å². The number of Topliss-reactive ketones (excluding diaryl/α,β-unsaturated/α-hetero) is 1. The standard InChI is InChI=1S/C19H18O4/c1-13(23-18(20)10-9-17-6-3-11-22-17)19(21)16-8-7-14-4-2-5-15(14)12-16/h3,6-13H,2,4-5H2,1H3/b10-9+/t13-/m1/s1. The number of fused-ring (bicyclic) bond motifs is 1. The maximum Gasteiger partial charge on any atom is 0.331 e. The zero-order valence-corrected chi connectivity index (χ0v) is 13.0. The minimum atomic E-state index is -0.816. The van der Waals surface area contributed by atoms with Crippen LogP contribution >= 0.6 is 0 Å². The van der Waals surface area contributed by atoms with Gasteiger partial charge in [-0.1, -0.05) is 12.1 Å². The lowest BCUT2D eigenvalue weighted by atomic mass is 10.0. The van der Waals surface area contributed by atoms with Crippen LogP contribution in [0.15, 0.2) is 47.1 Å². The lowest BCUT2D eigenvalue weighted by Gasteiger charge is -2.11. The van der Waals surface area contributed by atoms with E-state index in [9.17, 15) is 9.59 Å². The number of carbonyl (C=O) groups is 2. The molecule has 0 saturated heterocycles. The summed E-state index contributed by atoms with van der Waals surface area (Å²) in [5, 5.41) is 0. The van der Waals surface area contributed by atoms with Crippen LogP contribution in [-0.2, 0) is 22.4 Å². The molecule has 0 saturated carbocycles. The molecule has 118 valence electrons. The summed E-state index contributed by atoms with van der Waals surface area (Å²) in [6.07, 6.45) is 6.69. The predicted molar refractivity (Wildman–Crippen MR) is 86.1 cm³/mol. The van der Waals surface area contributed by atoms with E-state index in [-0.39, 0.29) is 5.78 Å². The Morgan fingerprint density at radius 1 is 1.22 bits per heavy atom. The second-order valence-electron chi connectivity index (χ2n) is 5.63. The third-order valence-corrected chi connectivity index (χ3v) is 3.97. The number of benzene rings is 1. The largest absolute Gasteiger partial charge is 0.465 e. The van der Waals surface area contributed by atoms with Gasteiger partial charge in [0, 0.05) is 11.6 Å². The molecule has 0 unspecified atom stereocenters. The first-order valence-corrected chi connectivity index (χ1v) is 7.72. The van der Waals surface area contributed by atoms with Crippen molar-refractivity contribution in [1.29, 1.82) is 0 Å². The van der Waals surface area contributed by atoms with Crippen molar-refractivity contribution >= 4 is 17.8 Å². The van der Waals surface area contributed by atoms with Crippen molar-refractivity contribution in [3.63, 3.8) is 0 Å². The van der Waals surface area contributed by atoms with Gasteiger partial charge in [0.05, 0.1) is 6.26 Å². The van der Waals surface area contributed by atoms with Gasteiger partial charge < -0.3 is 9.15 Å². The van der Waals surface area contributed by atoms with E-state index in [4.69, 9.17) is 9.15 Å². The maximum atomic E-state index is 12.4. The van der Waals surface area contributed by atoms with Crippen LogP contribution in [0.25, 0.3) is 6.08 Å². The Morgan fingerprint density at radius 3 is 2.83 bits per heavy atom. The van der Waals surface area contributed by atoms with Gasteiger partial charge >= 0.3 is 5.97 Å². The summed E-state index contributed by atoms with van der Waals surface area (Å²) in [7, 11) is 0. The molecule has 4 nitrogen and oxygen atoms in total. The molecule has 0 radical (unpaired) electrons. The Balaban J connectivity index is 1.62. The summed E-state index contributed by atoms with van der Waals surface area (Å²) in [6, 6.07) is 9.19. The fourth-order valence-electron chi connectivity index (χ4n) is 2.76. The van der Waals surface area contributed by atoms with Gasteiger partial charge in [-0.15, -0.1) is 0 Å². The Bertz CT molecular complexity index is 741. The normalized spacial score (nSPS) is 14.7. The van der Waals surface area contributed by atoms with Crippen LogP contribution in [0.3, 0.4) is 0 Å². The van der Waals surface area contributed by atoms with Crippen LogP contribution in [0, 0.1) is 0 Å². The van der Waals surface area contributed by atoms with E-state index in [1.165, 1.54) is 29.5 Å². The van der Waals surface area contributed by atoms with E-state index in [0.29, 0.717) is 11.3 Å². The second-order valence-corrected chi connectivity index (χ2v) is 5.63. The maximum absolute atomic E-state index is 12.4. The lowest BCUT2D eigenvalue weighted by Crippen LogP contribution is -2.23.